The van der Waals surface area contributed by atoms with Crippen molar-refractivity contribution in [2.45, 2.75) is 12.2 Å². The zero-order valence-corrected chi connectivity index (χ0v) is 7.53. The summed E-state index contributed by atoms with van der Waals surface area (Å²) in [6.07, 6.45) is 1.66. The van der Waals surface area contributed by atoms with Crippen molar-refractivity contribution in [3.63, 3.8) is 0 Å². The minimum Gasteiger partial charge on any atom is -0.452 e. The number of thiophene rings is 1. The summed E-state index contributed by atoms with van der Waals surface area (Å²) in [6.45, 7) is 0. The highest BCUT2D eigenvalue weighted by Crippen LogP contribution is 2.26. The first-order valence-corrected chi connectivity index (χ1v) is 4.75. The molecule has 68 valence electrons. The first kappa shape index (κ1) is 8.47. The average molecular weight is 196 g/mol. The number of carbonyl (C=O) groups excluding carboxylic acids is 1. The molecule has 1 aliphatic rings. The summed E-state index contributed by atoms with van der Waals surface area (Å²) in [7, 11) is 0. The molecule has 0 aromatic carbocycles. The monoisotopic (exact) mass is 196 g/mol. The lowest BCUT2D eigenvalue weighted by molar-refractivity contribution is -0.142. The van der Waals surface area contributed by atoms with Crippen molar-refractivity contribution in [1.82, 2.24) is 0 Å². The van der Waals surface area contributed by atoms with Gasteiger partial charge in [0.1, 0.15) is 6.10 Å². The van der Waals surface area contributed by atoms with Gasteiger partial charge in [-0.05, 0) is 17.5 Å². The Morgan fingerprint density at radius 2 is 2.46 bits per heavy atom. The second kappa shape index (κ2) is 3.32. The van der Waals surface area contributed by atoms with E-state index >= 15 is 0 Å². The second-order valence-corrected chi connectivity index (χ2v) is 3.70. The number of cyclic esters (lactones) is 1. The molecule has 0 spiro atoms. The molecular weight excluding hydrogens is 188 g/mol. The third-order valence-electron chi connectivity index (χ3n) is 1.82. The highest BCUT2D eigenvalue weighted by atomic mass is 32.1. The van der Waals surface area contributed by atoms with E-state index in [1.165, 1.54) is 17.4 Å². The lowest BCUT2D eigenvalue weighted by Crippen LogP contribution is -2.17. The van der Waals surface area contributed by atoms with Crippen molar-refractivity contribution in [1.29, 1.82) is 0 Å². The number of aliphatic hydroxyl groups excluding tert-OH is 1. The molecule has 0 radical (unpaired) electrons. The van der Waals surface area contributed by atoms with Crippen LogP contribution in [-0.2, 0) is 9.53 Å². The molecule has 0 bridgehead atoms. The highest BCUT2D eigenvalue weighted by molar-refractivity contribution is 7.10. The predicted molar refractivity (Wildman–Crippen MR) is 48.3 cm³/mol. The van der Waals surface area contributed by atoms with Gasteiger partial charge in [0, 0.05) is 11.0 Å². The van der Waals surface area contributed by atoms with Gasteiger partial charge in [0.25, 0.3) is 0 Å². The summed E-state index contributed by atoms with van der Waals surface area (Å²) in [4.78, 5) is 11.5. The summed E-state index contributed by atoms with van der Waals surface area (Å²) < 4.78 is 4.85. The normalized spacial score (nSPS) is 23.2. The van der Waals surface area contributed by atoms with Crippen LogP contribution in [-0.4, -0.2) is 17.2 Å². The van der Waals surface area contributed by atoms with Crippen LogP contribution in [0.2, 0.25) is 0 Å². The van der Waals surface area contributed by atoms with Crippen LogP contribution in [0.1, 0.15) is 11.0 Å². The lowest BCUT2D eigenvalue weighted by Gasteiger charge is -2.14. The van der Waals surface area contributed by atoms with Gasteiger partial charge in [-0.2, -0.15) is 0 Å². The molecular formula is C9H8O3S. The first-order valence-electron chi connectivity index (χ1n) is 3.87. The van der Waals surface area contributed by atoms with Gasteiger partial charge < -0.3 is 9.84 Å². The van der Waals surface area contributed by atoms with Crippen molar-refractivity contribution in [3.8, 4) is 0 Å². The Morgan fingerprint density at radius 1 is 1.62 bits per heavy atom. The summed E-state index contributed by atoms with van der Waals surface area (Å²) in [5, 5.41) is 11.6. The third-order valence-corrected chi connectivity index (χ3v) is 2.76. The van der Waals surface area contributed by atoms with E-state index in [1.54, 1.807) is 6.08 Å². The van der Waals surface area contributed by atoms with Crippen LogP contribution in [0.15, 0.2) is 29.7 Å². The Labute approximate surface area is 79.3 Å². The standard InChI is InChI=1S/C9H8O3S/c10-8-4-3-6(12-8)9(11)7-2-1-5-13-7/h1-6,9,11H/t6-,9-/m1/s1. The molecule has 1 N–H and O–H groups in total. The number of aliphatic hydroxyl groups is 1. The van der Waals surface area contributed by atoms with Gasteiger partial charge in [-0.3, -0.25) is 0 Å². The van der Waals surface area contributed by atoms with Crippen molar-refractivity contribution in [3.05, 3.63) is 34.5 Å². The summed E-state index contributed by atoms with van der Waals surface area (Å²) in [5.41, 5.74) is 0. The van der Waals surface area contributed by atoms with E-state index in [1.807, 2.05) is 17.5 Å². The number of ether oxygens (including phenoxy) is 1. The van der Waals surface area contributed by atoms with Crippen LogP contribution in [0, 0.1) is 0 Å². The maximum Gasteiger partial charge on any atom is 0.331 e. The van der Waals surface area contributed by atoms with Crippen molar-refractivity contribution in [2.75, 3.05) is 0 Å². The topological polar surface area (TPSA) is 46.5 Å². The Morgan fingerprint density at radius 3 is 3.00 bits per heavy atom. The Bertz CT molecular complexity index is 329. The van der Waals surface area contributed by atoms with E-state index in [0.717, 1.165) is 4.88 Å². The molecule has 0 saturated heterocycles. The van der Waals surface area contributed by atoms with Crippen molar-refractivity contribution >= 4 is 17.3 Å². The molecule has 2 atom stereocenters. The average Bonchev–Trinajstić information content (AvgIpc) is 2.72. The van der Waals surface area contributed by atoms with Crippen molar-refractivity contribution < 1.29 is 14.6 Å². The number of carbonyl (C=O) groups is 1. The largest absolute Gasteiger partial charge is 0.452 e. The molecule has 1 aliphatic heterocycles. The minimum atomic E-state index is -0.734. The van der Waals surface area contributed by atoms with Crippen molar-refractivity contribution in [2.24, 2.45) is 0 Å². The number of rotatable bonds is 2. The third kappa shape index (κ3) is 1.64. The summed E-state index contributed by atoms with van der Waals surface area (Å²) in [6, 6.07) is 3.67. The van der Waals surface area contributed by atoms with Crippen LogP contribution in [0.3, 0.4) is 0 Å². The molecule has 3 nitrogen and oxygen atoms in total. The van der Waals surface area contributed by atoms with Crippen LogP contribution >= 0.6 is 11.3 Å². The van der Waals surface area contributed by atoms with Gasteiger partial charge in [-0.15, -0.1) is 11.3 Å². The number of hydrogen-bond acceptors (Lipinski definition) is 4. The fraction of sp³-hybridized carbons (Fsp3) is 0.222. The highest BCUT2D eigenvalue weighted by Gasteiger charge is 2.26. The Balaban J connectivity index is 2.11. The molecule has 0 aliphatic carbocycles. The molecule has 13 heavy (non-hydrogen) atoms. The predicted octanol–water partition coefficient (Wildman–Crippen LogP) is 1.26. The van der Waals surface area contributed by atoms with Gasteiger partial charge in [-0.1, -0.05) is 6.07 Å². The minimum absolute atomic E-state index is 0.388. The van der Waals surface area contributed by atoms with Gasteiger partial charge >= 0.3 is 5.97 Å². The van der Waals surface area contributed by atoms with E-state index in [-0.39, 0.29) is 5.97 Å². The van der Waals surface area contributed by atoms with E-state index in [9.17, 15) is 9.90 Å². The van der Waals surface area contributed by atoms with E-state index in [4.69, 9.17) is 4.74 Å². The Kier molecular flexibility index (Phi) is 2.16. The quantitative estimate of drug-likeness (QED) is 0.724. The van der Waals surface area contributed by atoms with E-state index in [2.05, 4.69) is 0 Å². The molecule has 1 aromatic heterocycles. The second-order valence-electron chi connectivity index (χ2n) is 2.72. The molecule has 4 heteroatoms. The first-order chi connectivity index (χ1) is 6.27. The van der Waals surface area contributed by atoms with Crippen LogP contribution in [0.5, 0.6) is 0 Å². The van der Waals surface area contributed by atoms with E-state index in [0.29, 0.717) is 0 Å². The Hall–Kier alpha value is -1.13. The zero-order valence-electron chi connectivity index (χ0n) is 6.71. The maximum absolute atomic E-state index is 10.7. The molecule has 0 fully saturated rings. The fourth-order valence-electron chi connectivity index (χ4n) is 1.18. The van der Waals surface area contributed by atoms with Crippen LogP contribution in [0.4, 0.5) is 0 Å². The fourth-order valence-corrected chi connectivity index (χ4v) is 1.92. The molecule has 1 aromatic rings. The van der Waals surface area contributed by atoms with Crippen LogP contribution < -0.4 is 0 Å². The molecule has 0 saturated carbocycles. The van der Waals surface area contributed by atoms with Gasteiger partial charge in [0.15, 0.2) is 6.10 Å². The van der Waals surface area contributed by atoms with E-state index < -0.39 is 12.2 Å². The number of esters is 1. The lowest BCUT2D eigenvalue weighted by atomic mass is 10.2. The SMILES string of the molecule is O=C1C=C[C@H]([C@@H](O)c2cccs2)O1. The molecule has 2 heterocycles. The molecule has 0 unspecified atom stereocenters. The van der Waals surface area contributed by atoms with Gasteiger partial charge in [0.05, 0.1) is 0 Å². The van der Waals surface area contributed by atoms with Crippen LogP contribution in [0.25, 0.3) is 0 Å². The summed E-state index contributed by atoms with van der Waals surface area (Å²) >= 11 is 1.44. The smallest absolute Gasteiger partial charge is 0.331 e. The van der Waals surface area contributed by atoms with Gasteiger partial charge in [-0.25, -0.2) is 4.79 Å². The maximum atomic E-state index is 10.7. The molecule has 0 amide bonds. The summed E-state index contributed by atoms with van der Waals surface area (Å²) in [5.74, 6) is -0.388. The number of hydrogen-bond donors (Lipinski definition) is 1. The molecule has 2 rings (SSSR count). The zero-order chi connectivity index (χ0) is 9.26. The van der Waals surface area contributed by atoms with Gasteiger partial charge in [0.2, 0.25) is 0 Å².